The van der Waals surface area contributed by atoms with Gasteiger partial charge in [-0.15, -0.1) is 10.2 Å². The molecule has 0 bridgehead atoms. The topological polar surface area (TPSA) is 50.5 Å². The summed E-state index contributed by atoms with van der Waals surface area (Å²) in [5, 5.41) is 8.47. The van der Waals surface area contributed by atoms with Crippen LogP contribution in [0, 0.1) is 5.92 Å². The fraction of sp³-hybridized carbons (Fsp3) is 0.533. The highest BCUT2D eigenvalue weighted by atomic mass is 16.1. The Hall–Kier alpha value is -1.75. The smallest absolute Gasteiger partial charge is 0.161 e. The minimum absolute atomic E-state index is 0.645. The Morgan fingerprint density at radius 3 is 3.15 bits per heavy atom. The van der Waals surface area contributed by atoms with Gasteiger partial charge in [-0.1, -0.05) is 6.92 Å². The predicted octanol–water partition coefficient (Wildman–Crippen LogP) is 1.82. The van der Waals surface area contributed by atoms with Gasteiger partial charge in [0.2, 0.25) is 0 Å². The van der Waals surface area contributed by atoms with Crippen LogP contribution in [0.3, 0.4) is 0 Å². The third-order valence-corrected chi connectivity index (χ3v) is 4.16. The molecule has 1 unspecified atom stereocenters. The van der Waals surface area contributed by atoms with Gasteiger partial charge in [0.25, 0.3) is 0 Å². The fourth-order valence-electron chi connectivity index (χ4n) is 3.03. The van der Waals surface area contributed by atoms with Crippen molar-refractivity contribution in [1.29, 1.82) is 0 Å². The van der Waals surface area contributed by atoms with Crippen molar-refractivity contribution in [3.8, 4) is 0 Å². The maximum atomic E-state index is 10.8. The molecule has 1 fully saturated rings. The van der Waals surface area contributed by atoms with Gasteiger partial charge in [-0.2, -0.15) is 0 Å². The molecule has 1 saturated heterocycles. The molecular weight excluding hydrogens is 252 g/mol. The lowest BCUT2D eigenvalue weighted by atomic mass is 9.94. The van der Waals surface area contributed by atoms with Crippen molar-refractivity contribution in [3.63, 3.8) is 0 Å². The van der Waals surface area contributed by atoms with Crippen molar-refractivity contribution in [2.24, 2.45) is 5.92 Å². The molecule has 2 aromatic heterocycles. The number of aromatic nitrogens is 3. The summed E-state index contributed by atoms with van der Waals surface area (Å²) in [5.74, 6) is 1.65. The summed E-state index contributed by atoms with van der Waals surface area (Å²) < 4.78 is 2.00. The van der Waals surface area contributed by atoms with Gasteiger partial charge in [-0.05, 0) is 44.0 Å². The number of rotatable bonds is 4. The second-order valence-electron chi connectivity index (χ2n) is 5.53. The van der Waals surface area contributed by atoms with E-state index < -0.39 is 0 Å². The van der Waals surface area contributed by atoms with Crippen LogP contribution in [0.5, 0.6) is 0 Å². The molecular formula is C15H20N4O. The number of carbonyl (C=O) groups is 1. The van der Waals surface area contributed by atoms with E-state index in [1.807, 2.05) is 16.7 Å². The van der Waals surface area contributed by atoms with Crippen LogP contribution in [-0.4, -0.2) is 45.4 Å². The number of carbonyl (C=O) groups excluding carboxylic acids is 1. The summed E-state index contributed by atoms with van der Waals surface area (Å²) in [5.41, 5.74) is 1.40. The van der Waals surface area contributed by atoms with Crippen molar-refractivity contribution in [2.45, 2.75) is 26.2 Å². The standard InChI is InChI=1S/C15H20N4O/c1-2-18-6-3-4-12(10-18)8-14-16-17-15-9-13(11-20)5-7-19(14)15/h5,7,9,11-12H,2-4,6,8,10H2,1H3. The summed E-state index contributed by atoms with van der Waals surface area (Å²) in [7, 11) is 0. The molecule has 0 amide bonds. The lowest BCUT2D eigenvalue weighted by Crippen LogP contribution is -2.36. The Balaban J connectivity index is 1.79. The molecule has 3 rings (SSSR count). The fourth-order valence-corrected chi connectivity index (χ4v) is 3.03. The van der Waals surface area contributed by atoms with Crippen LogP contribution in [0.2, 0.25) is 0 Å². The van der Waals surface area contributed by atoms with Gasteiger partial charge in [0.05, 0.1) is 0 Å². The zero-order valence-corrected chi connectivity index (χ0v) is 11.8. The van der Waals surface area contributed by atoms with Crippen LogP contribution in [0.1, 0.15) is 35.9 Å². The second-order valence-corrected chi connectivity index (χ2v) is 5.53. The third kappa shape index (κ3) is 2.58. The number of hydrogen-bond acceptors (Lipinski definition) is 4. The number of likely N-dealkylation sites (tertiary alicyclic amines) is 1. The Bertz CT molecular complexity index is 607. The number of piperidine rings is 1. The molecule has 0 spiro atoms. The predicted molar refractivity (Wildman–Crippen MR) is 76.9 cm³/mol. The SMILES string of the molecule is CCN1CCCC(Cc2nnc3cc(C=O)ccn23)C1. The molecule has 3 heterocycles. The lowest BCUT2D eigenvalue weighted by molar-refractivity contribution is 0.112. The van der Waals surface area contributed by atoms with E-state index in [0.717, 1.165) is 37.3 Å². The van der Waals surface area contributed by atoms with E-state index in [0.29, 0.717) is 11.5 Å². The normalized spacial score (nSPS) is 20.4. The highest BCUT2D eigenvalue weighted by Gasteiger charge is 2.21. The lowest BCUT2D eigenvalue weighted by Gasteiger charge is -2.31. The second kappa shape index (κ2) is 5.71. The van der Waals surface area contributed by atoms with Crippen molar-refractivity contribution in [1.82, 2.24) is 19.5 Å². The zero-order chi connectivity index (χ0) is 13.9. The van der Waals surface area contributed by atoms with E-state index in [1.54, 1.807) is 6.07 Å². The van der Waals surface area contributed by atoms with E-state index in [-0.39, 0.29) is 0 Å². The number of fused-ring (bicyclic) bond motifs is 1. The number of hydrogen-bond donors (Lipinski definition) is 0. The number of aldehydes is 1. The van der Waals surface area contributed by atoms with E-state index in [9.17, 15) is 4.79 Å². The number of pyridine rings is 1. The van der Waals surface area contributed by atoms with E-state index in [1.165, 1.54) is 19.4 Å². The molecule has 0 aliphatic carbocycles. The van der Waals surface area contributed by atoms with Crippen molar-refractivity contribution < 1.29 is 4.79 Å². The van der Waals surface area contributed by atoms with E-state index in [2.05, 4.69) is 22.0 Å². The van der Waals surface area contributed by atoms with Crippen LogP contribution < -0.4 is 0 Å². The zero-order valence-electron chi connectivity index (χ0n) is 11.8. The highest BCUT2D eigenvalue weighted by molar-refractivity contribution is 5.76. The van der Waals surface area contributed by atoms with Gasteiger partial charge in [-0.25, -0.2) is 0 Å². The molecule has 1 aliphatic heterocycles. The summed E-state index contributed by atoms with van der Waals surface area (Å²) in [6, 6.07) is 3.59. The average Bonchev–Trinajstić information content (AvgIpc) is 2.89. The first-order valence-corrected chi connectivity index (χ1v) is 7.31. The molecule has 2 aromatic rings. The quantitative estimate of drug-likeness (QED) is 0.797. The maximum Gasteiger partial charge on any atom is 0.161 e. The Kier molecular flexibility index (Phi) is 3.78. The molecule has 0 saturated carbocycles. The van der Waals surface area contributed by atoms with Crippen molar-refractivity contribution >= 4 is 11.9 Å². The summed E-state index contributed by atoms with van der Waals surface area (Å²) in [6.07, 6.45) is 6.23. The molecule has 106 valence electrons. The van der Waals surface area contributed by atoms with Crippen LogP contribution in [-0.2, 0) is 6.42 Å². The monoisotopic (exact) mass is 272 g/mol. The van der Waals surface area contributed by atoms with Crippen LogP contribution in [0.15, 0.2) is 18.3 Å². The number of nitrogens with zero attached hydrogens (tertiary/aromatic N) is 4. The molecule has 0 N–H and O–H groups in total. The van der Waals surface area contributed by atoms with Crippen LogP contribution >= 0.6 is 0 Å². The Morgan fingerprint density at radius 2 is 2.35 bits per heavy atom. The summed E-state index contributed by atoms with van der Waals surface area (Å²) in [6.45, 7) is 5.71. The van der Waals surface area contributed by atoms with Crippen LogP contribution in [0.25, 0.3) is 5.65 Å². The molecule has 20 heavy (non-hydrogen) atoms. The van der Waals surface area contributed by atoms with Gasteiger partial charge >= 0.3 is 0 Å². The summed E-state index contributed by atoms with van der Waals surface area (Å²) in [4.78, 5) is 13.3. The molecule has 5 heteroatoms. The van der Waals surface area contributed by atoms with Gasteiger partial charge in [0.15, 0.2) is 5.65 Å². The molecule has 5 nitrogen and oxygen atoms in total. The van der Waals surface area contributed by atoms with Crippen molar-refractivity contribution in [2.75, 3.05) is 19.6 Å². The first-order chi connectivity index (χ1) is 9.80. The first-order valence-electron chi connectivity index (χ1n) is 7.31. The third-order valence-electron chi connectivity index (χ3n) is 4.16. The van der Waals surface area contributed by atoms with Gasteiger partial charge in [0.1, 0.15) is 12.1 Å². The van der Waals surface area contributed by atoms with Gasteiger partial charge in [-0.3, -0.25) is 9.20 Å². The van der Waals surface area contributed by atoms with Gasteiger partial charge in [0, 0.05) is 24.7 Å². The van der Waals surface area contributed by atoms with Crippen LogP contribution in [0.4, 0.5) is 0 Å². The van der Waals surface area contributed by atoms with Gasteiger partial charge < -0.3 is 4.90 Å². The van der Waals surface area contributed by atoms with E-state index >= 15 is 0 Å². The summed E-state index contributed by atoms with van der Waals surface area (Å²) >= 11 is 0. The van der Waals surface area contributed by atoms with E-state index in [4.69, 9.17) is 0 Å². The average molecular weight is 272 g/mol. The first kappa shape index (κ1) is 13.2. The largest absolute Gasteiger partial charge is 0.303 e. The van der Waals surface area contributed by atoms with Crippen molar-refractivity contribution in [3.05, 3.63) is 29.7 Å². The molecule has 1 aliphatic rings. The molecule has 0 aromatic carbocycles. The molecule has 1 atom stereocenters. The highest BCUT2D eigenvalue weighted by Crippen LogP contribution is 2.20. The Labute approximate surface area is 118 Å². The molecule has 0 radical (unpaired) electrons. The Morgan fingerprint density at radius 1 is 1.45 bits per heavy atom. The minimum atomic E-state index is 0.645. The minimum Gasteiger partial charge on any atom is -0.303 e. The maximum absolute atomic E-state index is 10.8.